The number of hydrogen-bond acceptors (Lipinski definition) is 1. The summed E-state index contributed by atoms with van der Waals surface area (Å²) in [6, 6.07) is 9.54. The smallest absolute Gasteiger partial charge is 0.0266 e. The van der Waals surface area contributed by atoms with E-state index in [2.05, 4.69) is 36.5 Å². The molecule has 0 amide bonds. The lowest BCUT2D eigenvalue weighted by Crippen LogP contribution is -2.32. The molecular weight excluding hydrogens is 230 g/mol. The lowest BCUT2D eigenvalue weighted by molar-refractivity contribution is 0.429. The lowest BCUT2D eigenvalue weighted by Gasteiger charge is -2.19. The largest absolute Gasteiger partial charge is 0.310 e. The Kier molecular flexibility index (Phi) is 4.87. The Morgan fingerprint density at radius 1 is 1.18 bits per heavy atom. The van der Waals surface area contributed by atoms with Gasteiger partial charge in [0, 0.05) is 18.5 Å². The Labute approximate surface area is 110 Å². The molecule has 2 rings (SSSR count). The van der Waals surface area contributed by atoms with Crippen LogP contribution in [0, 0.1) is 5.92 Å². The second-order valence-electron chi connectivity index (χ2n) is 5.00. The quantitative estimate of drug-likeness (QED) is 0.786. The van der Waals surface area contributed by atoms with Gasteiger partial charge >= 0.3 is 0 Å². The van der Waals surface area contributed by atoms with E-state index in [1.165, 1.54) is 30.4 Å². The van der Waals surface area contributed by atoms with Crippen molar-refractivity contribution in [3.8, 4) is 0 Å². The minimum Gasteiger partial charge on any atom is -0.310 e. The van der Waals surface area contributed by atoms with E-state index in [1.54, 1.807) is 0 Å². The van der Waals surface area contributed by atoms with Crippen LogP contribution in [0.2, 0.25) is 0 Å². The zero-order chi connectivity index (χ0) is 12.1. The van der Waals surface area contributed by atoms with Gasteiger partial charge in [-0.3, -0.25) is 0 Å². The summed E-state index contributed by atoms with van der Waals surface area (Å²) in [6.07, 6.45) is 5.01. The van der Waals surface area contributed by atoms with Crippen LogP contribution in [0.1, 0.15) is 37.3 Å². The monoisotopic (exact) mass is 251 g/mol. The topological polar surface area (TPSA) is 12.0 Å². The summed E-state index contributed by atoms with van der Waals surface area (Å²) in [4.78, 5) is 0. The normalized spacial score (nSPS) is 24.1. The van der Waals surface area contributed by atoms with Crippen molar-refractivity contribution < 1.29 is 0 Å². The van der Waals surface area contributed by atoms with E-state index in [-0.39, 0.29) is 0 Å². The molecule has 1 aliphatic carbocycles. The van der Waals surface area contributed by atoms with Crippen LogP contribution in [-0.4, -0.2) is 11.9 Å². The summed E-state index contributed by atoms with van der Waals surface area (Å²) in [5.74, 6) is 1.47. The molecule has 0 heterocycles. The number of halogens is 1. The molecule has 0 aliphatic heterocycles. The van der Waals surface area contributed by atoms with E-state index < -0.39 is 0 Å². The number of aryl methyl sites for hydroxylation is 1. The molecule has 0 saturated heterocycles. The molecule has 0 radical (unpaired) electrons. The standard InChI is InChI=1S/C15H22ClN/c1-2-12-6-8-13(9-7-12)11-17-15-5-3-4-14(15)10-16/h6-9,14-15,17H,2-5,10-11H2,1H3. The summed E-state index contributed by atoms with van der Waals surface area (Å²) in [5, 5.41) is 3.65. The van der Waals surface area contributed by atoms with Crippen molar-refractivity contribution in [2.24, 2.45) is 5.92 Å². The summed E-state index contributed by atoms with van der Waals surface area (Å²) in [6.45, 7) is 3.17. The third kappa shape index (κ3) is 3.46. The number of rotatable bonds is 5. The first kappa shape index (κ1) is 12.9. The third-order valence-electron chi connectivity index (χ3n) is 3.86. The molecule has 1 aromatic rings. The van der Waals surface area contributed by atoms with Crippen LogP contribution in [0.4, 0.5) is 0 Å². The van der Waals surface area contributed by atoms with Crippen LogP contribution in [0.5, 0.6) is 0 Å². The van der Waals surface area contributed by atoms with E-state index in [0.29, 0.717) is 12.0 Å². The average Bonchev–Trinajstić information content (AvgIpc) is 2.84. The van der Waals surface area contributed by atoms with Crippen LogP contribution in [0.25, 0.3) is 0 Å². The minimum atomic E-state index is 0.623. The van der Waals surface area contributed by atoms with E-state index in [0.717, 1.165) is 18.8 Å². The first-order valence-electron chi connectivity index (χ1n) is 6.70. The van der Waals surface area contributed by atoms with Crippen LogP contribution in [0.15, 0.2) is 24.3 Å². The molecule has 2 heteroatoms. The molecule has 1 aliphatic rings. The Bertz CT molecular complexity index is 333. The van der Waals surface area contributed by atoms with Crippen molar-refractivity contribution in [3.05, 3.63) is 35.4 Å². The van der Waals surface area contributed by atoms with Gasteiger partial charge in [0.2, 0.25) is 0 Å². The van der Waals surface area contributed by atoms with Gasteiger partial charge in [0.05, 0.1) is 0 Å². The first-order chi connectivity index (χ1) is 8.33. The fourth-order valence-corrected chi connectivity index (χ4v) is 3.00. The van der Waals surface area contributed by atoms with Crippen molar-refractivity contribution in [1.29, 1.82) is 0 Å². The minimum absolute atomic E-state index is 0.623. The van der Waals surface area contributed by atoms with Gasteiger partial charge in [0.25, 0.3) is 0 Å². The number of hydrogen-bond donors (Lipinski definition) is 1. The molecule has 94 valence electrons. The predicted molar refractivity (Wildman–Crippen MR) is 74.5 cm³/mol. The molecule has 1 N–H and O–H groups in total. The molecule has 1 aromatic carbocycles. The number of nitrogens with one attached hydrogen (secondary N) is 1. The Morgan fingerprint density at radius 2 is 1.88 bits per heavy atom. The summed E-state index contributed by atoms with van der Waals surface area (Å²) in [5.41, 5.74) is 2.79. The highest BCUT2D eigenvalue weighted by Crippen LogP contribution is 2.26. The molecule has 17 heavy (non-hydrogen) atoms. The molecule has 1 fully saturated rings. The zero-order valence-electron chi connectivity index (χ0n) is 10.6. The highest BCUT2D eigenvalue weighted by atomic mass is 35.5. The zero-order valence-corrected chi connectivity index (χ0v) is 11.3. The van der Waals surface area contributed by atoms with Gasteiger partial charge in [0.15, 0.2) is 0 Å². The van der Waals surface area contributed by atoms with E-state index in [1.807, 2.05) is 0 Å². The van der Waals surface area contributed by atoms with Crippen LogP contribution in [-0.2, 0) is 13.0 Å². The van der Waals surface area contributed by atoms with Gasteiger partial charge in [-0.25, -0.2) is 0 Å². The van der Waals surface area contributed by atoms with Crippen LogP contribution >= 0.6 is 11.6 Å². The van der Waals surface area contributed by atoms with E-state index in [9.17, 15) is 0 Å². The maximum absolute atomic E-state index is 5.98. The number of alkyl halides is 1. The molecule has 0 spiro atoms. The molecule has 0 aromatic heterocycles. The third-order valence-corrected chi connectivity index (χ3v) is 4.25. The first-order valence-corrected chi connectivity index (χ1v) is 7.24. The summed E-state index contributed by atoms with van der Waals surface area (Å²) < 4.78 is 0. The molecular formula is C15H22ClN. The second-order valence-corrected chi connectivity index (χ2v) is 5.31. The maximum atomic E-state index is 5.98. The molecule has 1 nitrogen and oxygen atoms in total. The van der Waals surface area contributed by atoms with Crippen molar-refractivity contribution >= 4 is 11.6 Å². The van der Waals surface area contributed by atoms with Gasteiger partial charge in [-0.05, 0) is 36.3 Å². The molecule has 2 unspecified atom stereocenters. The van der Waals surface area contributed by atoms with E-state index in [4.69, 9.17) is 11.6 Å². The van der Waals surface area contributed by atoms with Crippen LogP contribution in [0.3, 0.4) is 0 Å². The average molecular weight is 252 g/mol. The maximum Gasteiger partial charge on any atom is 0.0266 e. The molecule has 2 atom stereocenters. The lowest BCUT2D eigenvalue weighted by atomic mass is 10.1. The van der Waals surface area contributed by atoms with Crippen molar-refractivity contribution in [2.75, 3.05) is 5.88 Å². The molecule has 1 saturated carbocycles. The second kappa shape index (κ2) is 6.42. The van der Waals surface area contributed by atoms with Gasteiger partial charge in [-0.2, -0.15) is 0 Å². The number of benzene rings is 1. The van der Waals surface area contributed by atoms with Gasteiger partial charge in [0.1, 0.15) is 0 Å². The predicted octanol–water partition coefficient (Wildman–Crippen LogP) is 3.75. The van der Waals surface area contributed by atoms with Crippen molar-refractivity contribution in [3.63, 3.8) is 0 Å². The van der Waals surface area contributed by atoms with Gasteiger partial charge in [-0.15, -0.1) is 11.6 Å². The van der Waals surface area contributed by atoms with Crippen molar-refractivity contribution in [2.45, 2.75) is 45.2 Å². The van der Waals surface area contributed by atoms with E-state index >= 15 is 0 Å². The Balaban J connectivity index is 1.84. The Morgan fingerprint density at radius 3 is 2.53 bits per heavy atom. The highest BCUT2D eigenvalue weighted by Gasteiger charge is 2.25. The fourth-order valence-electron chi connectivity index (χ4n) is 2.63. The Hall–Kier alpha value is -0.530. The summed E-state index contributed by atoms with van der Waals surface area (Å²) >= 11 is 5.98. The fraction of sp³-hybridized carbons (Fsp3) is 0.600. The molecule has 0 bridgehead atoms. The van der Waals surface area contributed by atoms with Crippen molar-refractivity contribution in [1.82, 2.24) is 5.32 Å². The summed E-state index contributed by atoms with van der Waals surface area (Å²) in [7, 11) is 0. The SMILES string of the molecule is CCc1ccc(CNC2CCCC2CCl)cc1. The van der Waals surface area contributed by atoms with Gasteiger partial charge in [-0.1, -0.05) is 37.6 Å². The highest BCUT2D eigenvalue weighted by molar-refractivity contribution is 6.18. The van der Waals surface area contributed by atoms with Gasteiger partial charge < -0.3 is 5.32 Å². The van der Waals surface area contributed by atoms with Crippen LogP contribution < -0.4 is 5.32 Å².